The van der Waals surface area contributed by atoms with Crippen LogP contribution in [-0.4, -0.2) is 29.4 Å². The van der Waals surface area contributed by atoms with Crippen molar-refractivity contribution in [1.82, 2.24) is 4.98 Å². The van der Waals surface area contributed by atoms with Crippen molar-refractivity contribution < 1.29 is 14.0 Å². The lowest BCUT2D eigenvalue weighted by atomic mass is 9.82. The van der Waals surface area contributed by atoms with Gasteiger partial charge < -0.3 is 14.0 Å². The van der Waals surface area contributed by atoms with Gasteiger partial charge in [0, 0.05) is 17.2 Å². The lowest BCUT2D eigenvalue weighted by Crippen LogP contribution is -2.41. The van der Waals surface area contributed by atoms with Crippen molar-refractivity contribution in [2.24, 2.45) is 0 Å². The molecule has 0 atom stereocenters. The van der Waals surface area contributed by atoms with E-state index in [-0.39, 0.29) is 16.6 Å². The van der Waals surface area contributed by atoms with E-state index in [9.17, 15) is 0 Å². The second-order valence-corrected chi connectivity index (χ2v) is 8.77. The summed E-state index contributed by atoms with van der Waals surface area (Å²) in [7, 11) is -0.455. The Morgan fingerprint density at radius 3 is 2.13 bits per heavy atom. The van der Waals surface area contributed by atoms with Gasteiger partial charge in [0.1, 0.15) is 5.75 Å². The third-order valence-electron chi connectivity index (χ3n) is 4.91. The monoisotopic (exact) mass is 317 g/mol. The first-order chi connectivity index (χ1) is 10.5. The van der Waals surface area contributed by atoms with Crippen molar-refractivity contribution in [3.8, 4) is 5.75 Å². The number of aromatic nitrogens is 1. The molecule has 1 saturated heterocycles. The van der Waals surface area contributed by atoms with Crippen LogP contribution in [0.5, 0.6) is 5.75 Å². The predicted molar refractivity (Wildman–Crippen MR) is 92.3 cm³/mol. The highest BCUT2D eigenvalue weighted by atomic mass is 16.7. The summed E-state index contributed by atoms with van der Waals surface area (Å²) in [5, 5.41) is 0. The van der Waals surface area contributed by atoms with E-state index in [4.69, 9.17) is 19.0 Å². The minimum atomic E-state index is -0.455. The van der Waals surface area contributed by atoms with Gasteiger partial charge in [-0.1, -0.05) is 20.8 Å². The van der Waals surface area contributed by atoms with Crippen LogP contribution in [0.1, 0.15) is 67.0 Å². The normalized spacial score (nSPS) is 23.2. The van der Waals surface area contributed by atoms with Crippen molar-refractivity contribution >= 4 is 12.7 Å². The second kappa shape index (κ2) is 5.22. The van der Waals surface area contributed by atoms with E-state index in [0.717, 1.165) is 29.9 Å². The molecular weight excluding hydrogens is 289 g/mol. The molecule has 4 nitrogen and oxygen atoms in total. The Balaban J connectivity index is 1.95. The topological polar surface area (TPSA) is 40.6 Å². The number of pyridine rings is 1. The summed E-state index contributed by atoms with van der Waals surface area (Å²) < 4.78 is 18.3. The van der Waals surface area contributed by atoms with Crippen molar-refractivity contribution in [2.75, 3.05) is 0 Å². The maximum Gasteiger partial charge on any atom is 0.514 e. The fraction of sp³-hybridized carbons (Fsp3) is 0.722. The first-order valence-corrected chi connectivity index (χ1v) is 8.53. The zero-order valence-corrected chi connectivity index (χ0v) is 15.4. The molecule has 2 aliphatic rings. The standard InChI is InChI=1S/C18H28BNO3/c1-16(2,3)14-10-13(21-12-8-9-12)11-15(20-14)19-22-17(4,5)18(6,7)23-19/h10-12H,8-9H2,1-7H3. The third-order valence-corrected chi connectivity index (χ3v) is 4.91. The van der Waals surface area contributed by atoms with Crippen LogP contribution < -0.4 is 10.3 Å². The third kappa shape index (κ3) is 3.41. The largest absolute Gasteiger partial charge is 0.514 e. The Morgan fingerprint density at radius 1 is 1.09 bits per heavy atom. The van der Waals surface area contributed by atoms with E-state index in [2.05, 4.69) is 48.5 Å². The second-order valence-electron chi connectivity index (χ2n) is 8.77. The molecule has 2 heterocycles. The average Bonchev–Trinajstić information content (AvgIpc) is 3.15. The van der Waals surface area contributed by atoms with Gasteiger partial charge in [0.05, 0.1) is 22.9 Å². The molecule has 2 fully saturated rings. The molecule has 1 aliphatic carbocycles. The maximum absolute atomic E-state index is 6.15. The Labute approximate surface area is 140 Å². The molecule has 0 aromatic carbocycles. The molecule has 1 aromatic rings. The number of hydrogen-bond donors (Lipinski definition) is 0. The maximum atomic E-state index is 6.15. The minimum absolute atomic E-state index is 0.0543. The molecule has 0 unspecified atom stereocenters. The van der Waals surface area contributed by atoms with Crippen LogP contribution in [0.2, 0.25) is 0 Å². The molecule has 0 spiro atoms. The summed E-state index contributed by atoms with van der Waals surface area (Å²) >= 11 is 0. The molecular formula is C18H28BNO3. The summed E-state index contributed by atoms with van der Waals surface area (Å²) in [5.41, 5.74) is 1.01. The molecule has 5 heteroatoms. The van der Waals surface area contributed by atoms with E-state index in [1.165, 1.54) is 0 Å². The highest BCUT2D eigenvalue weighted by molar-refractivity contribution is 6.61. The molecule has 23 heavy (non-hydrogen) atoms. The van der Waals surface area contributed by atoms with Crippen LogP contribution in [0.25, 0.3) is 0 Å². The Morgan fingerprint density at radius 2 is 1.65 bits per heavy atom. The predicted octanol–water partition coefficient (Wildman–Crippen LogP) is 3.22. The highest BCUT2D eigenvalue weighted by Crippen LogP contribution is 2.37. The zero-order chi connectivity index (χ0) is 17.0. The van der Waals surface area contributed by atoms with E-state index < -0.39 is 7.12 Å². The Hall–Kier alpha value is -1.07. The molecule has 0 radical (unpaired) electrons. The van der Waals surface area contributed by atoms with Gasteiger partial charge in [-0.15, -0.1) is 0 Å². The van der Waals surface area contributed by atoms with E-state index >= 15 is 0 Å². The number of rotatable bonds is 3. The van der Waals surface area contributed by atoms with Crippen LogP contribution in [0.15, 0.2) is 12.1 Å². The first-order valence-electron chi connectivity index (χ1n) is 8.53. The van der Waals surface area contributed by atoms with Gasteiger partial charge in [0.15, 0.2) is 0 Å². The minimum Gasteiger partial charge on any atom is -0.490 e. The van der Waals surface area contributed by atoms with E-state index in [1.54, 1.807) is 0 Å². The molecule has 3 rings (SSSR count). The van der Waals surface area contributed by atoms with Crippen molar-refractivity contribution in [3.63, 3.8) is 0 Å². The first kappa shape index (κ1) is 16.8. The number of hydrogen-bond acceptors (Lipinski definition) is 4. The van der Waals surface area contributed by atoms with E-state index in [1.807, 2.05) is 12.1 Å². The molecule has 0 amide bonds. The van der Waals surface area contributed by atoms with Gasteiger partial charge in [-0.3, -0.25) is 4.98 Å². The molecule has 0 bridgehead atoms. The van der Waals surface area contributed by atoms with Crippen LogP contribution in [-0.2, 0) is 14.7 Å². The fourth-order valence-electron chi connectivity index (χ4n) is 2.44. The highest BCUT2D eigenvalue weighted by Gasteiger charge is 2.52. The van der Waals surface area contributed by atoms with E-state index in [0.29, 0.717) is 6.10 Å². The number of nitrogens with zero attached hydrogens (tertiary/aromatic N) is 1. The molecule has 1 saturated carbocycles. The zero-order valence-electron chi connectivity index (χ0n) is 15.4. The van der Waals surface area contributed by atoms with Gasteiger partial charge in [0.2, 0.25) is 0 Å². The van der Waals surface area contributed by atoms with Crippen LogP contribution >= 0.6 is 0 Å². The van der Waals surface area contributed by atoms with Crippen molar-refractivity contribution in [1.29, 1.82) is 0 Å². The van der Waals surface area contributed by atoms with Gasteiger partial charge in [-0.05, 0) is 46.6 Å². The molecule has 1 aliphatic heterocycles. The van der Waals surface area contributed by atoms with Gasteiger partial charge in [-0.2, -0.15) is 0 Å². The van der Waals surface area contributed by atoms with Crippen molar-refractivity contribution in [3.05, 3.63) is 17.8 Å². The Kier molecular flexibility index (Phi) is 3.81. The van der Waals surface area contributed by atoms with Gasteiger partial charge in [-0.25, -0.2) is 0 Å². The smallest absolute Gasteiger partial charge is 0.490 e. The fourth-order valence-corrected chi connectivity index (χ4v) is 2.44. The quantitative estimate of drug-likeness (QED) is 0.803. The van der Waals surface area contributed by atoms with Gasteiger partial charge in [0.25, 0.3) is 0 Å². The SMILES string of the molecule is CC(C)(C)c1cc(OC2CC2)cc(B2OC(C)(C)C(C)(C)O2)n1. The summed E-state index contributed by atoms with van der Waals surface area (Å²) in [4.78, 5) is 4.82. The van der Waals surface area contributed by atoms with Crippen molar-refractivity contribution in [2.45, 2.75) is 84.0 Å². The molecule has 0 N–H and O–H groups in total. The van der Waals surface area contributed by atoms with Gasteiger partial charge >= 0.3 is 7.12 Å². The lowest BCUT2D eigenvalue weighted by molar-refractivity contribution is 0.00578. The van der Waals surface area contributed by atoms with Crippen LogP contribution in [0, 0.1) is 0 Å². The summed E-state index contributed by atoms with van der Waals surface area (Å²) in [6.45, 7) is 14.7. The summed E-state index contributed by atoms with van der Waals surface area (Å²) in [5.74, 6) is 0.872. The number of ether oxygens (including phenoxy) is 1. The summed E-state index contributed by atoms with van der Waals surface area (Å²) in [6.07, 6.45) is 2.63. The average molecular weight is 317 g/mol. The van der Waals surface area contributed by atoms with Crippen LogP contribution in [0.3, 0.4) is 0 Å². The summed E-state index contributed by atoms with van der Waals surface area (Å²) in [6, 6.07) is 4.02. The lowest BCUT2D eigenvalue weighted by Gasteiger charge is -2.32. The molecule has 1 aromatic heterocycles. The van der Waals surface area contributed by atoms with Crippen LogP contribution in [0.4, 0.5) is 0 Å². The Bertz CT molecular complexity index is 587. The molecule has 126 valence electrons.